The number of amides is 1. The Balaban J connectivity index is 1.31. The third-order valence-corrected chi connectivity index (χ3v) is 4.66. The number of hydrogen-bond acceptors (Lipinski definition) is 2. The van der Waals surface area contributed by atoms with Crippen LogP contribution in [0.3, 0.4) is 0 Å². The smallest absolute Gasteiger partial charge is 0.275 e. The van der Waals surface area contributed by atoms with Gasteiger partial charge >= 0.3 is 0 Å². The average molecular weight is 329 g/mol. The van der Waals surface area contributed by atoms with Gasteiger partial charge in [-0.2, -0.15) is 0 Å². The van der Waals surface area contributed by atoms with Gasteiger partial charge in [0.1, 0.15) is 32.7 Å². The van der Waals surface area contributed by atoms with E-state index in [-0.39, 0.29) is 5.91 Å². The second-order valence-electron chi connectivity index (χ2n) is 6.52. The Bertz CT molecular complexity index is 605. The topological polar surface area (TPSA) is 51.1 Å². The first kappa shape index (κ1) is 16.7. The summed E-state index contributed by atoms with van der Waals surface area (Å²) < 4.78 is 5.42. The third-order valence-electron chi connectivity index (χ3n) is 4.66. The number of piperazine rings is 1. The lowest BCUT2D eigenvalue weighted by atomic mass is 10.1. The van der Waals surface area contributed by atoms with Crippen LogP contribution in [0.4, 0.5) is 0 Å². The second kappa shape index (κ2) is 8.66. The van der Waals surface area contributed by atoms with Crippen LogP contribution in [-0.4, -0.2) is 45.2 Å². The zero-order valence-corrected chi connectivity index (χ0v) is 14.1. The molecule has 0 aliphatic carbocycles. The normalized spacial score (nSPS) is 20.7. The summed E-state index contributed by atoms with van der Waals surface area (Å²) in [5, 5.41) is 3.04. The molecule has 0 saturated carbocycles. The summed E-state index contributed by atoms with van der Waals surface area (Å²) in [5.74, 6) is 1.21. The number of quaternary nitrogens is 2. The highest BCUT2D eigenvalue weighted by molar-refractivity contribution is 5.76. The van der Waals surface area contributed by atoms with Crippen molar-refractivity contribution in [3.05, 3.63) is 60.1 Å². The van der Waals surface area contributed by atoms with Crippen LogP contribution < -0.4 is 15.1 Å². The summed E-state index contributed by atoms with van der Waals surface area (Å²) in [4.78, 5) is 15.0. The summed E-state index contributed by atoms with van der Waals surface area (Å²) in [6.07, 6.45) is 2.62. The molecule has 128 valence electrons. The molecule has 1 saturated heterocycles. The van der Waals surface area contributed by atoms with Crippen molar-refractivity contribution in [3.8, 4) is 0 Å². The maximum atomic E-state index is 12.1. The molecule has 3 N–H and O–H groups in total. The number of benzene rings is 1. The Morgan fingerprint density at radius 3 is 2.46 bits per heavy atom. The SMILES string of the molecule is O=C(C[NH+]1CC[NH+](Cc2ccco2)CC1)NCCc1ccccc1. The van der Waals surface area contributed by atoms with Crippen LogP contribution in [0.2, 0.25) is 0 Å². The fourth-order valence-corrected chi connectivity index (χ4v) is 3.25. The summed E-state index contributed by atoms with van der Waals surface area (Å²) in [6.45, 7) is 6.52. The zero-order chi connectivity index (χ0) is 16.6. The molecule has 2 heterocycles. The molecule has 0 radical (unpaired) electrons. The standard InChI is InChI=1S/C19H25N3O2/c23-19(20-9-8-17-5-2-1-3-6-17)16-22-12-10-21(11-13-22)15-18-7-4-14-24-18/h1-7,14H,8-13,15-16H2,(H,20,23)/p+2. The van der Waals surface area contributed by atoms with Crippen LogP contribution in [0.25, 0.3) is 0 Å². The van der Waals surface area contributed by atoms with Gasteiger partial charge in [0, 0.05) is 6.54 Å². The number of carbonyl (C=O) groups excluding carboxylic acids is 1. The molecule has 0 atom stereocenters. The fraction of sp³-hybridized carbons (Fsp3) is 0.421. The molecule has 1 aliphatic rings. The highest BCUT2D eigenvalue weighted by Gasteiger charge is 2.25. The molecule has 2 aromatic rings. The van der Waals surface area contributed by atoms with Crippen LogP contribution in [0, 0.1) is 0 Å². The van der Waals surface area contributed by atoms with Gasteiger partial charge in [0.15, 0.2) is 12.3 Å². The van der Waals surface area contributed by atoms with Crippen molar-refractivity contribution < 1.29 is 19.0 Å². The van der Waals surface area contributed by atoms with Crippen molar-refractivity contribution in [1.82, 2.24) is 5.32 Å². The molecule has 3 rings (SSSR count). The third kappa shape index (κ3) is 5.22. The summed E-state index contributed by atoms with van der Waals surface area (Å²) in [6, 6.07) is 14.2. The Hall–Kier alpha value is -2.11. The van der Waals surface area contributed by atoms with Crippen molar-refractivity contribution in [3.63, 3.8) is 0 Å². The van der Waals surface area contributed by atoms with Gasteiger partial charge < -0.3 is 19.5 Å². The minimum atomic E-state index is 0.162. The molecular formula is C19H27N3O2+2. The average Bonchev–Trinajstić information content (AvgIpc) is 3.11. The maximum Gasteiger partial charge on any atom is 0.275 e. The minimum Gasteiger partial charge on any atom is -0.463 e. The highest BCUT2D eigenvalue weighted by atomic mass is 16.3. The van der Waals surface area contributed by atoms with Crippen molar-refractivity contribution in [2.24, 2.45) is 0 Å². The summed E-state index contributed by atoms with van der Waals surface area (Å²) in [5.41, 5.74) is 1.26. The molecule has 24 heavy (non-hydrogen) atoms. The molecule has 5 heteroatoms. The van der Waals surface area contributed by atoms with Gasteiger partial charge in [0.25, 0.3) is 5.91 Å². The van der Waals surface area contributed by atoms with E-state index in [0.717, 1.165) is 44.9 Å². The molecule has 0 spiro atoms. The summed E-state index contributed by atoms with van der Waals surface area (Å²) >= 11 is 0. The van der Waals surface area contributed by atoms with E-state index in [1.165, 1.54) is 15.4 Å². The van der Waals surface area contributed by atoms with E-state index >= 15 is 0 Å². The molecule has 0 unspecified atom stereocenters. The van der Waals surface area contributed by atoms with Crippen molar-refractivity contribution in [1.29, 1.82) is 0 Å². The molecular weight excluding hydrogens is 302 g/mol. The first-order chi connectivity index (χ1) is 11.8. The monoisotopic (exact) mass is 329 g/mol. The van der Waals surface area contributed by atoms with E-state index in [4.69, 9.17) is 4.42 Å². The minimum absolute atomic E-state index is 0.162. The number of furan rings is 1. The number of carbonyl (C=O) groups is 1. The van der Waals surface area contributed by atoms with Crippen LogP contribution in [0.1, 0.15) is 11.3 Å². The van der Waals surface area contributed by atoms with Crippen LogP contribution >= 0.6 is 0 Å². The highest BCUT2D eigenvalue weighted by Crippen LogP contribution is 1.98. The first-order valence-corrected chi connectivity index (χ1v) is 8.80. The number of rotatable bonds is 7. The van der Waals surface area contributed by atoms with E-state index in [2.05, 4.69) is 17.4 Å². The van der Waals surface area contributed by atoms with Gasteiger partial charge in [-0.15, -0.1) is 0 Å². The number of hydrogen-bond donors (Lipinski definition) is 3. The molecule has 5 nitrogen and oxygen atoms in total. The van der Waals surface area contributed by atoms with E-state index in [9.17, 15) is 4.79 Å². The Morgan fingerprint density at radius 1 is 1.00 bits per heavy atom. The van der Waals surface area contributed by atoms with E-state index in [1.807, 2.05) is 30.3 Å². The molecule has 1 aliphatic heterocycles. The predicted octanol–water partition coefficient (Wildman–Crippen LogP) is -1.08. The van der Waals surface area contributed by atoms with Gasteiger partial charge in [-0.05, 0) is 24.1 Å². The molecule has 1 aromatic heterocycles. The van der Waals surface area contributed by atoms with Crippen LogP contribution in [0.15, 0.2) is 53.1 Å². The Morgan fingerprint density at radius 2 is 1.75 bits per heavy atom. The molecule has 1 fully saturated rings. The van der Waals surface area contributed by atoms with Gasteiger partial charge in [0.2, 0.25) is 0 Å². The van der Waals surface area contributed by atoms with Crippen molar-refractivity contribution in [2.45, 2.75) is 13.0 Å². The maximum absolute atomic E-state index is 12.1. The first-order valence-electron chi connectivity index (χ1n) is 8.80. The lowest BCUT2D eigenvalue weighted by molar-refractivity contribution is -1.02. The Labute approximate surface area is 143 Å². The van der Waals surface area contributed by atoms with Crippen LogP contribution in [-0.2, 0) is 17.8 Å². The van der Waals surface area contributed by atoms with Crippen molar-refractivity contribution in [2.75, 3.05) is 39.3 Å². The second-order valence-corrected chi connectivity index (χ2v) is 6.52. The quantitative estimate of drug-likeness (QED) is 0.605. The molecule has 1 amide bonds. The van der Waals surface area contributed by atoms with Crippen molar-refractivity contribution >= 4 is 5.91 Å². The largest absolute Gasteiger partial charge is 0.463 e. The zero-order valence-electron chi connectivity index (χ0n) is 14.1. The Kier molecular flexibility index (Phi) is 6.04. The fourth-order valence-electron chi connectivity index (χ4n) is 3.25. The predicted molar refractivity (Wildman–Crippen MR) is 91.8 cm³/mol. The van der Waals surface area contributed by atoms with Gasteiger partial charge in [-0.1, -0.05) is 30.3 Å². The van der Waals surface area contributed by atoms with Gasteiger partial charge in [-0.25, -0.2) is 0 Å². The van der Waals surface area contributed by atoms with Crippen LogP contribution in [0.5, 0.6) is 0 Å². The summed E-state index contributed by atoms with van der Waals surface area (Å²) in [7, 11) is 0. The molecule has 1 aromatic carbocycles. The molecule has 0 bridgehead atoms. The lowest BCUT2D eigenvalue weighted by Crippen LogP contribution is -3.28. The van der Waals surface area contributed by atoms with Gasteiger partial charge in [0.05, 0.1) is 6.26 Å². The van der Waals surface area contributed by atoms with E-state index in [1.54, 1.807) is 6.26 Å². The van der Waals surface area contributed by atoms with Gasteiger partial charge in [-0.3, -0.25) is 4.79 Å². The van der Waals surface area contributed by atoms with E-state index in [0.29, 0.717) is 13.1 Å². The lowest BCUT2D eigenvalue weighted by Gasteiger charge is -2.28. The number of nitrogens with one attached hydrogen (secondary N) is 3. The van der Waals surface area contributed by atoms with E-state index < -0.39 is 0 Å².